The SMILES string of the molecule is Cc1cccc(N2CCN(C(=O)c3ncccc3O)CC2)c1C. The van der Waals surface area contributed by atoms with Crippen LogP contribution in [0, 0.1) is 13.8 Å². The van der Waals surface area contributed by atoms with Crippen LogP contribution < -0.4 is 4.90 Å². The van der Waals surface area contributed by atoms with Crippen molar-refractivity contribution in [3.63, 3.8) is 0 Å². The van der Waals surface area contributed by atoms with Crippen molar-refractivity contribution < 1.29 is 9.90 Å². The fourth-order valence-electron chi connectivity index (χ4n) is 2.94. The van der Waals surface area contributed by atoms with Gasteiger partial charge in [0.2, 0.25) is 0 Å². The van der Waals surface area contributed by atoms with Crippen LogP contribution in [-0.4, -0.2) is 47.1 Å². The van der Waals surface area contributed by atoms with Gasteiger partial charge < -0.3 is 14.9 Å². The molecule has 23 heavy (non-hydrogen) atoms. The Bertz CT molecular complexity index is 722. The number of rotatable bonds is 2. The molecular formula is C18H21N3O2. The minimum atomic E-state index is -0.205. The van der Waals surface area contributed by atoms with Crippen LogP contribution >= 0.6 is 0 Å². The summed E-state index contributed by atoms with van der Waals surface area (Å²) in [6.45, 7) is 7.06. The van der Waals surface area contributed by atoms with E-state index in [0.29, 0.717) is 13.1 Å². The number of carbonyl (C=O) groups excluding carboxylic acids is 1. The van der Waals surface area contributed by atoms with Gasteiger partial charge in [-0.3, -0.25) is 4.79 Å². The summed E-state index contributed by atoms with van der Waals surface area (Å²) in [6, 6.07) is 9.42. The molecule has 5 nitrogen and oxygen atoms in total. The number of pyridine rings is 1. The lowest BCUT2D eigenvalue weighted by Crippen LogP contribution is -2.49. The Morgan fingerprint density at radius 1 is 1.09 bits per heavy atom. The Morgan fingerprint density at radius 2 is 1.83 bits per heavy atom. The second kappa shape index (κ2) is 6.28. The van der Waals surface area contributed by atoms with E-state index in [0.717, 1.165) is 13.1 Å². The molecule has 0 radical (unpaired) electrons. The predicted molar refractivity (Wildman–Crippen MR) is 89.9 cm³/mol. The van der Waals surface area contributed by atoms with E-state index >= 15 is 0 Å². The van der Waals surface area contributed by atoms with Crippen molar-refractivity contribution in [2.75, 3.05) is 31.1 Å². The molecule has 2 heterocycles. The fraction of sp³-hybridized carbons (Fsp3) is 0.333. The Hall–Kier alpha value is -2.56. The van der Waals surface area contributed by atoms with Crippen molar-refractivity contribution in [3.05, 3.63) is 53.3 Å². The summed E-state index contributed by atoms with van der Waals surface area (Å²) < 4.78 is 0. The summed E-state index contributed by atoms with van der Waals surface area (Å²) >= 11 is 0. The van der Waals surface area contributed by atoms with Crippen molar-refractivity contribution in [2.24, 2.45) is 0 Å². The average molecular weight is 311 g/mol. The largest absolute Gasteiger partial charge is 0.505 e. The molecule has 5 heteroatoms. The van der Waals surface area contributed by atoms with E-state index in [1.54, 1.807) is 11.0 Å². The Kier molecular flexibility index (Phi) is 4.19. The molecule has 1 aromatic heterocycles. The monoisotopic (exact) mass is 311 g/mol. The fourth-order valence-corrected chi connectivity index (χ4v) is 2.94. The molecule has 0 bridgehead atoms. The van der Waals surface area contributed by atoms with E-state index in [9.17, 15) is 9.90 Å². The van der Waals surface area contributed by atoms with Gasteiger partial charge in [-0.15, -0.1) is 0 Å². The number of piperazine rings is 1. The first kappa shape index (κ1) is 15.3. The van der Waals surface area contributed by atoms with Crippen LogP contribution in [0.15, 0.2) is 36.5 Å². The van der Waals surface area contributed by atoms with E-state index in [-0.39, 0.29) is 17.4 Å². The van der Waals surface area contributed by atoms with Crippen LogP contribution in [-0.2, 0) is 0 Å². The standard InChI is InChI=1S/C18H21N3O2/c1-13-5-3-6-15(14(13)2)20-9-11-21(12-10-20)18(23)17-16(22)7-4-8-19-17/h3-8,22H,9-12H2,1-2H3. The second-order valence-electron chi connectivity index (χ2n) is 5.87. The predicted octanol–water partition coefficient (Wildman–Crippen LogP) is 2.37. The summed E-state index contributed by atoms with van der Waals surface area (Å²) in [5.41, 5.74) is 3.93. The van der Waals surface area contributed by atoms with Gasteiger partial charge in [-0.1, -0.05) is 12.1 Å². The molecule has 0 saturated carbocycles. The first-order chi connectivity index (χ1) is 11.1. The van der Waals surface area contributed by atoms with Crippen LogP contribution in [0.25, 0.3) is 0 Å². The van der Waals surface area contributed by atoms with Crippen molar-refractivity contribution in [1.82, 2.24) is 9.88 Å². The first-order valence-electron chi connectivity index (χ1n) is 7.82. The van der Waals surface area contributed by atoms with Crippen LogP contribution in [0.1, 0.15) is 21.6 Å². The van der Waals surface area contributed by atoms with Gasteiger partial charge >= 0.3 is 0 Å². The van der Waals surface area contributed by atoms with Gasteiger partial charge in [0.1, 0.15) is 5.75 Å². The highest BCUT2D eigenvalue weighted by Crippen LogP contribution is 2.24. The summed E-state index contributed by atoms with van der Waals surface area (Å²) in [5, 5.41) is 9.79. The lowest BCUT2D eigenvalue weighted by molar-refractivity contribution is 0.0737. The first-order valence-corrected chi connectivity index (χ1v) is 7.82. The number of aryl methyl sites for hydroxylation is 1. The third kappa shape index (κ3) is 2.99. The van der Waals surface area contributed by atoms with E-state index in [4.69, 9.17) is 0 Å². The number of anilines is 1. The van der Waals surface area contributed by atoms with Crippen molar-refractivity contribution in [1.29, 1.82) is 0 Å². The minimum Gasteiger partial charge on any atom is -0.505 e. The van der Waals surface area contributed by atoms with Gasteiger partial charge in [0.05, 0.1) is 0 Å². The van der Waals surface area contributed by atoms with Crippen molar-refractivity contribution in [2.45, 2.75) is 13.8 Å². The maximum absolute atomic E-state index is 12.5. The van der Waals surface area contributed by atoms with Crippen LogP contribution in [0.4, 0.5) is 5.69 Å². The highest BCUT2D eigenvalue weighted by Gasteiger charge is 2.25. The smallest absolute Gasteiger partial charge is 0.276 e. The van der Waals surface area contributed by atoms with E-state index in [1.165, 1.54) is 29.1 Å². The van der Waals surface area contributed by atoms with Crippen molar-refractivity contribution >= 4 is 11.6 Å². The number of carbonyl (C=O) groups is 1. The van der Waals surface area contributed by atoms with Gasteiger partial charge in [-0.2, -0.15) is 0 Å². The Balaban J connectivity index is 1.70. The van der Waals surface area contributed by atoms with Gasteiger partial charge in [0.25, 0.3) is 5.91 Å². The zero-order chi connectivity index (χ0) is 16.4. The third-order valence-electron chi connectivity index (χ3n) is 4.47. The van der Waals surface area contributed by atoms with Crippen molar-refractivity contribution in [3.8, 4) is 5.75 Å². The molecule has 1 aliphatic rings. The van der Waals surface area contributed by atoms with E-state index in [2.05, 4.69) is 41.9 Å². The van der Waals surface area contributed by atoms with Gasteiger partial charge in [0.15, 0.2) is 5.69 Å². The quantitative estimate of drug-likeness (QED) is 0.925. The normalized spacial score (nSPS) is 14.9. The maximum atomic E-state index is 12.5. The summed E-state index contributed by atoms with van der Waals surface area (Å²) in [7, 11) is 0. The number of hydrogen-bond acceptors (Lipinski definition) is 4. The molecule has 1 amide bonds. The number of hydrogen-bond donors (Lipinski definition) is 1. The van der Waals surface area contributed by atoms with E-state index < -0.39 is 0 Å². The Labute approximate surface area is 136 Å². The zero-order valence-corrected chi connectivity index (χ0v) is 13.5. The zero-order valence-electron chi connectivity index (χ0n) is 13.5. The van der Waals surface area contributed by atoms with Crippen LogP contribution in [0.2, 0.25) is 0 Å². The molecule has 0 aliphatic carbocycles. The molecule has 0 spiro atoms. The molecule has 2 aromatic rings. The number of nitrogens with zero attached hydrogens (tertiary/aromatic N) is 3. The molecule has 1 aromatic carbocycles. The van der Waals surface area contributed by atoms with Crippen LogP contribution in [0.5, 0.6) is 5.75 Å². The summed E-state index contributed by atoms with van der Waals surface area (Å²) in [6.07, 6.45) is 1.53. The Morgan fingerprint density at radius 3 is 2.52 bits per heavy atom. The molecule has 3 rings (SSSR count). The highest BCUT2D eigenvalue weighted by atomic mass is 16.3. The molecule has 120 valence electrons. The molecule has 1 aliphatic heterocycles. The van der Waals surface area contributed by atoms with Gasteiger partial charge in [0, 0.05) is 38.1 Å². The molecular weight excluding hydrogens is 290 g/mol. The minimum absolute atomic E-state index is 0.0607. The maximum Gasteiger partial charge on any atom is 0.276 e. The summed E-state index contributed by atoms with van der Waals surface area (Å²) in [4.78, 5) is 20.5. The third-order valence-corrected chi connectivity index (χ3v) is 4.47. The van der Waals surface area contributed by atoms with Gasteiger partial charge in [-0.25, -0.2) is 4.98 Å². The number of aromatic nitrogens is 1. The lowest BCUT2D eigenvalue weighted by atomic mass is 10.1. The van der Waals surface area contributed by atoms with Crippen LogP contribution in [0.3, 0.4) is 0 Å². The highest BCUT2D eigenvalue weighted by molar-refractivity contribution is 5.94. The lowest BCUT2D eigenvalue weighted by Gasteiger charge is -2.37. The molecule has 0 atom stereocenters. The molecule has 1 saturated heterocycles. The second-order valence-corrected chi connectivity index (χ2v) is 5.87. The topological polar surface area (TPSA) is 56.7 Å². The number of benzene rings is 1. The van der Waals surface area contributed by atoms with E-state index in [1.807, 2.05) is 0 Å². The number of aromatic hydroxyl groups is 1. The number of amides is 1. The molecule has 1 N–H and O–H groups in total. The molecule has 1 fully saturated rings. The average Bonchev–Trinajstić information content (AvgIpc) is 2.57. The molecule has 0 unspecified atom stereocenters. The summed E-state index contributed by atoms with van der Waals surface area (Å²) in [5.74, 6) is -0.266. The van der Waals surface area contributed by atoms with Gasteiger partial charge in [-0.05, 0) is 43.2 Å².